The van der Waals surface area contributed by atoms with E-state index in [1.807, 2.05) is 11.8 Å². The fraction of sp³-hybridized carbons (Fsp3) is 0.652. The van der Waals surface area contributed by atoms with E-state index in [0.717, 1.165) is 38.5 Å². The molecular weight excluding hydrogens is 416 g/mol. The van der Waals surface area contributed by atoms with Gasteiger partial charge >= 0.3 is 5.97 Å². The molecule has 1 aromatic rings. The molecule has 0 unspecified atom stereocenters. The van der Waals surface area contributed by atoms with Crippen LogP contribution in [-0.4, -0.2) is 61.8 Å². The van der Waals surface area contributed by atoms with Crippen molar-refractivity contribution in [2.45, 2.75) is 69.7 Å². The number of carbonyl (C=O) groups is 2. The molecule has 1 aliphatic heterocycles. The quantitative estimate of drug-likeness (QED) is 0.594. The van der Waals surface area contributed by atoms with Crippen LogP contribution in [-0.2, 0) is 19.6 Å². The Morgan fingerprint density at radius 3 is 2.23 bits per heavy atom. The number of nitrogens with zero attached hydrogens (tertiary/aromatic N) is 2. The number of carbonyl (C=O) groups excluding carboxylic acids is 2. The third-order valence-corrected chi connectivity index (χ3v) is 8.39. The average Bonchev–Trinajstić information content (AvgIpc) is 2.79. The molecule has 0 aromatic heterocycles. The topological polar surface area (TPSA) is 84.0 Å². The van der Waals surface area contributed by atoms with Gasteiger partial charge in [-0.05, 0) is 62.8 Å². The molecule has 1 heterocycles. The molecule has 1 saturated carbocycles. The molecule has 0 N–H and O–H groups in total. The summed E-state index contributed by atoms with van der Waals surface area (Å²) < 4.78 is 32.3. The molecule has 1 saturated heterocycles. The lowest BCUT2D eigenvalue weighted by Crippen LogP contribution is -2.43. The number of ether oxygens (including phenoxy) is 1. The van der Waals surface area contributed by atoms with E-state index in [-0.39, 0.29) is 29.0 Å². The number of hydrogen-bond donors (Lipinski definition) is 0. The second-order valence-electron chi connectivity index (χ2n) is 8.66. The molecule has 0 spiro atoms. The fourth-order valence-electron chi connectivity index (χ4n) is 4.46. The maximum absolute atomic E-state index is 12.8. The normalized spacial score (nSPS) is 19.2. The van der Waals surface area contributed by atoms with Gasteiger partial charge in [-0.15, -0.1) is 0 Å². The maximum Gasteiger partial charge on any atom is 0.338 e. The van der Waals surface area contributed by atoms with E-state index in [2.05, 4.69) is 6.92 Å². The Bertz CT molecular complexity index is 854. The number of hydrogen-bond acceptors (Lipinski definition) is 5. The first-order valence-electron chi connectivity index (χ1n) is 11.4. The standard InChI is InChI=1S/C23H34N2O5S/c1-3-25(20-7-5-4-6-8-20)22(26)17-30-23(27)19-9-11-21(12-10-19)31(28,29)24-15-13-18(2)14-16-24/h9-12,18,20H,3-8,13-17H2,1-2H3. The summed E-state index contributed by atoms with van der Waals surface area (Å²) in [5, 5.41) is 0. The SMILES string of the molecule is CCN(C(=O)COC(=O)c1ccc(S(=O)(=O)N2CCC(C)CC2)cc1)C1CCCCC1. The van der Waals surface area contributed by atoms with Crippen LogP contribution in [0, 0.1) is 5.92 Å². The van der Waals surface area contributed by atoms with Gasteiger partial charge in [-0.25, -0.2) is 13.2 Å². The zero-order chi connectivity index (χ0) is 22.4. The highest BCUT2D eigenvalue weighted by Gasteiger charge is 2.28. The number of amides is 1. The lowest BCUT2D eigenvalue weighted by molar-refractivity contribution is -0.137. The molecule has 0 radical (unpaired) electrons. The monoisotopic (exact) mass is 450 g/mol. The van der Waals surface area contributed by atoms with E-state index in [9.17, 15) is 18.0 Å². The molecule has 1 aromatic carbocycles. The van der Waals surface area contributed by atoms with Crippen molar-refractivity contribution in [1.82, 2.24) is 9.21 Å². The van der Waals surface area contributed by atoms with Crippen LogP contribution in [0.1, 0.15) is 69.2 Å². The third-order valence-electron chi connectivity index (χ3n) is 6.47. The van der Waals surface area contributed by atoms with E-state index in [4.69, 9.17) is 4.74 Å². The summed E-state index contributed by atoms with van der Waals surface area (Å²) >= 11 is 0. The summed E-state index contributed by atoms with van der Waals surface area (Å²) in [7, 11) is -3.56. The predicted molar refractivity (Wildman–Crippen MR) is 118 cm³/mol. The summed E-state index contributed by atoms with van der Waals surface area (Å²) in [6.45, 7) is 5.41. The molecule has 0 atom stereocenters. The van der Waals surface area contributed by atoms with Crippen molar-refractivity contribution in [3.05, 3.63) is 29.8 Å². The van der Waals surface area contributed by atoms with Crippen LogP contribution >= 0.6 is 0 Å². The molecule has 31 heavy (non-hydrogen) atoms. The van der Waals surface area contributed by atoms with Crippen molar-refractivity contribution in [2.75, 3.05) is 26.2 Å². The van der Waals surface area contributed by atoms with Gasteiger partial charge in [-0.2, -0.15) is 4.31 Å². The van der Waals surface area contributed by atoms with E-state index < -0.39 is 16.0 Å². The van der Waals surface area contributed by atoms with Crippen LogP contribution in [0.15, 0.2) is 29.2 Å². The molecule has 8 heteroatoms. The van der Waals surface area contributed by atoms with Crippen molar-refractivity contribution < 1.29 is 22.7 Å². The van der Waals surface area contributed by atoms with Crippen molar-refractivity contribution in [3.63, 3.8) is 0 Å². The van der Waals surface area contributed by atoms with Gasteiger partial charge in [0.15, 0.2) is 6.61 Å². The van der Waals surface area contributed by atoms with Gasteiger partial charge < -0.3 is 9.64 Å². The highest BCUT2D eigenvalue weighted by molar-refractivity contribution is 7.89. The van der Waals surface area contributed by atoms with E-state index in [1.165, 1.54) is 35.0 Å². The molecule has 172 valence electrons. The van der Waals surface area contributed by atoms with E-state index in [1.54, 1.807) is 0 Å². The van der Waals surface area contributed by atoms with Gasteiger partial charge in [0, 0.05) is 25.7 Å². The Kier molecular flexibility index (Phi) is 8.11. The molecule has 1 amide bonds. The molecule has 3 rings (SSSR count). The first-order valence-corrected chi connectivity index (χ1v) is 12.8. The van der Waals surface area contributed by atoms with Gasteiger partial charge in [0.05, 0.1) is 10.5 Å². The van der Waals surface area contributed by atoms with Crippen LogP contribution in [0.2, 0.25) is 0 Å². The van der Waals surface area contributed by atoms with Crippen molar-refractivity contribution in [1.29, 1.82) is 0 Å². The minimum Gasteiger partial charge on any atom is -0.452 e. The molecule has 1 aliphatic carbocycles. The highest BCUT2D eigenvalue weighted by Crippen LogP contribution is 2.24. The second kappa shape index (κ2) is 10.6. The second-order valence-corrected chi connectivity index (χ2v) is 10.6. The number of piperidine rings is 1. The zero-order valence-electron chi connectivity index (χ0n) is 18.6. The van der Waals surface area contributed by atoms with Gasteiger partial charge in [-0.1, -0.05) is 26.2 Å². The van der Waals surface area contributed by atoms with Gasteiger partial charge in [0.1, 0.15) is 0 Å². The number of sulfonamides is 1. The average molecular weight is 451 g/mol. The fourth-order valence-corrected chi connectivity index (χ4v) is 5.93. The van der Waals surface area contributed by atoms with Crippen LogP contribution in [0.3, 0.4) is 0 Å². The Balaban J connectivity index is 1.56. The molecule has 2 aliphatic rings. The summed E-state index contributed by atoms with van der Waals surface area (Å²) in [6, 6.07) is 6.00. The zero-order valence-corrected chi connectivity index (χ0v) is 19.4. The van der Waals surface area contributed by atoms with E-state index in [0.29, 0.717) is 25.6 Å². The number of rotatable bonds is 7. The first-order chi connectivity index (χ1) is 14.8. The Morgan fingerprint density at radius 1 is 1.03 bits per heavy atom. The predicted octanol–water partition coefficient (Wildman–Crippen LogP) is 3.45. The first kappa shape index (κ1) is 23.7. The molecule has 2 fully saturated rings. The Labute approximate surface area is 185 Å². The molecular formula is C23H34N2O5S. The molecule has 0 bridgehead atoms. The summed E-state index contributed by atoms with van der Waals surface area (Å²) in [5.41, 5.74) is 0.236. The van der Waals surface area contributed by atoms with Gasteiger partial charge in [0.2, 0.25) is 10.0 Å². The molecule has 7 nitrogen and oxygen atoms in total. The van der Waals surface area contributed by atoms with Crippen LogP contribution < -0.4 is 0 Å². The number of esters is 1. The summed E-state index contributed by atoms with van der Waals surface area (Å²) in [6.07, 6.45) is 7.17. The Morgan fingerprint density at radius 2 is 1.65 bits per heavy atom. The van der Waals surface area contributed by atoms with Gasteiger partial charge in [-0.3, -0.25) is 4.79 Å². The van der Waals surface area contributed by atoms with Gasteiger partial charge in [0.25, 0.3) is 5.91 Å². The maximum atomic E-state index is 12.8. The largest absolute Gasteiger partial charge is 0.452 e. The highest BCUT2D eigenvalue weighted by atomic mass is 32.2. The third kappa shape index (κ3) is 5.86. The smallest absolute Gasteiger partial charge is 0.338 e. The Hall–Kier alpha value is -1.93. The lowest BCUT2D eigenvalue weighted by atomic mass is 9.94. The van der Waals surface area contributed by atoms with Crippen molar-refractivity contribution >= 4 is 21.9 Å². The lowest BCUT2D eigenvalue weighted by Gasteiger charge is -2.33. The van der Waals surface area contributed by atoms with Crippen LogP contribution in [0.25, 0.3) is 0 Å². The summed E-state index contributed by atoms with van der Waals surface area (Å²) in [4.78, 5) is 26.9. The number of likely N-dealkylation sites (N-methyl/N-ethyl adjacent to an activating group) is 1. The van der Waals surface area contributed by atoms with Crippen molar-refractivity contribution in [2.24, 2.45) is 5.92 Å². The summed E-state index contributed by atoms with van der Waals surface area (Å²) in [5.74, 6) is -0.266. The van der Waals surface area contributed by atoms with E-state index >= 15 is 0 Å². The minimum atomic E-state index is -3.56. The minimum absolute atomic E-state index is 0.170. The van der Waals surface area contributed by atoms with Crippen molar-refractivity contribution in [3.8, 4) is 0 Å². The van der Waals surface area contributed by atoms with Crippen LogP contribution in [0.4, 0.5) is 0 Å². The number of benzene rings is 1. The van der Waals surface area contributed by atoms with Crippen LogP contribution in [0.5, 0.6) is 0 Å².